The quantitative estimate of drug-likeness (QED) is 0.709. The molecule has 0 amide bonds. The largest absolute Gasteiger partial charge is 0.490 e. The smallest absolute Gasteiger partial charge is 0.480 e. The Morgan fingerprint density at radius 3 is 2.16 bits per heavy atom. The molecule has 7 nitrogen and oxygen atoms in total. The van der Waals surface area contributed by atoms with Gasteiger partial charge >= 0.3 is 18.1 Å². The molecule has 0 spiro atoms. The maximum Gasteiger partial charge on any atom is 0.490 e. The number of alkyl halides is 3. The summed E-state index contributed by atoms with van der Waals surface area (Å²) in [4.78, 5) is 30.2. The zero-order chi connectivity index (χ0) is 15.2. The fourth-order valence-corrected chi connectivity index (χ4v) is 0.826. The summed E-state index contributed by atoms with van der Waals surface area (Å²) in [5.74, 6) is -3.82. The van der Waals surface area contributed by atoms with Gasteiger partial charge in [-0.15, -0.1) is 0 Å². The number of carboxylic acids is 2. The Hall–Kier alpha value is -2.52. The molecule has 0 saturated heterocycles. The maximum atomic E-state index is 11.1. The molecule has 0 atom stereocenters. The van der Waals surface area contributed by atoms with E-state index < -0.39 is 23.7 Å². The predicted octanol–water partition coefficient (Wildman–Crippen LogP) is 0.148. The minimum atomic E-state index is -5.08. The zero-order valence-electron chi connectivity index (χ0n) is 9.22. The number of hydrogen-bond acceptors (Lipinski definition) is 4. The van der Waals surface area contributed by atoms with Crippen LogP contribution in [0.5, 0.6) is 0 Å². The normalized spacial score (nSPS) is 10.3. The molecule has 0 aliphatic heterocycles. The first kappa shape index (κ1) is 16.5. The van der Waals surface area contributed by atoms with Gasteiger partial charge in [0, 0.05) is 6.20 Å². The van der Waals surface area contributed by atoms with Crippen molar-refractivity contribution in [1.82, 2.24) is 4.57 Å². The van der Waals surface area contributed by atoms with Crippen LogP contribution < -0.4 is 11.3 Å². The van der Waals surface area contributed by atoms with Crippen LogP contribution in [0.15, 0.2) is 23.1 Å². The van der Waals surface area contributed by atoms with Crippen molar-refractivity contribution >= 4 is 17.6 Å². The summed E-state index contributed by atoms with van der Waals surface area (Å²) in [6.07, 6.45) is -3.70. The highest BCUT2D eigenvalue weighted by molar-refractivity contribution is 5.73. The number of halogens is 3. The molecule has 1 heterocycles. The lowest BCUT2D eigenvalue weighted by molar-refractivity contribution is -0.192. The lowest BCUT2D eigenvalue weighted by Crippen LogP contribution is -2.25. The van der Waals surface area contributed by atoms with E-state index in [0.717, 1.165) is 4.57 Å². The first-order chi connectivity index (χ1) is 8.55. The molecular formula is C9H9F3N2O5. The number of carbonyl (C=O) groups is 2. The summed E-state index contributed by atoms with van der Waals surface area (Å²) >= 11 is 0. The molecule has 0 radical (unpaired) electrons. The highest BCUT2D eigenvalue weighted by atomic mass is 19.4. The highest BCUT2D eigenvalue weighted by Crippen LogP contribution is 2.13. The Bertz CT molecular complexity index is 523. The number of nitrogens with zero attached hydrogens (tertiary/aromatic N) is 1. The van der Waals surface area contributed by atoms with Crippen LogP contribution in [0, 0.1) is 0 Å². The van der Waals surface area contributed by atoms with E-state index in [2.05, 4.69) is 0 Å². The molecule has 0 unspecified atom stereocenters. The topological polar surface area (TPSA) is 123 Å². The molecule has 4 N–H and O–H groups in total. The van der Waals surface area contributed by atoms with Crippen molar-refractivity contribution in [3.05, 3.63) is 28.7 Å². The lowest BCUT2D eigenvalue weighted by atomic mass is 10.4. The Labute approximate surface area is 103 Å². The molecule has 10 heteroatoms. The van der Waals surface area contributed by atoms with Crippen molar-refractivity contribution in [2.45, 2.75) is 12.7 Å². The second-order valence-corrected chi connectivity index (χ2v) is 3.09. The molecule has 0 fully saturated rings. The average molecular weight is 282 g/mol. The first-order valence-electron chi connectivity index (χ1n) is 4.52. The summed E-state index contributed by atoms with van der Waals surface area (Å²) in [7, 11) is 0. The average Bonchev–Trinajstić information content (AvgIpc) is 2.23. The monoisotopic (exact) mass is 282 g/mol. The van der Waals surface area contributed by atoms with Crippen LogP contribution in [0.4, 0.5) is 18.9 Å². The van der Waals surface area contributed by atoms with Crippen molar-refractivity contribution in [3.63, 3.8) is 0 Å². The van der Waals surface area contributed by atoms with Crippen LogP contribution in [-0.4, -0.2) is 32.9 Å². The van der Waals surface area contributed by atoms with Crippen LogP contribution in [-0.2, 0) is 16.1 Å². The van der Waals surface area contributed by atoms with Gasteiger partial charge in [0.15, 0.2) is 0 Å². The van der Waals surface area contributed by atoms with Gasteiger partial charge in [-0.2, -0.15) is 13.2 Å². The van der Waals surface area contributed by atoms with Crippen LogP contribution in [0.2, 0.25) is 0 Å². The van der Waals surface area contributed by atoms with E-state index in [0.29, 0.717) is 0 Å². The number of nitrogens with two attached hydrogens (primary N) is 1. The van der Waals surface area contributed by atoms with Gasteiger partial charge in [0.05, 0.1) is 5.69 Å². The zero-order valence-corrected chi connectivity index (χ0v) is 9.22. The van der Waals surface area contributed by atoms with Crippen molar-refractivity contribution in [3.8, 4) is 0 Å². The number of aromatic nitrogens is 1. The highest BCUT2D eigenvalue weighted by Gasteiger charge is 2.38. The van der Waals surface area contributed by atoms with Gasteiger partial charge in [-0.25, -0.2) is 4.79 Å². The summed E-state index contributed by atoms with van der Waals surface area (Å²) in [6, 6.07) is 2.96. The van der Waals surface area contributed by atoms with Crippen molar-refractivity contribution in [2.75, 3.05) is 5.73 Å². The van der Waals surface area contributed by atoms with Crippen LogP contribution in [0.25, 0.3) is 0 Å². The number of rotatable bonds is 2. The minimum Gasteiger partial charge on any atom is -0.480 e. The Morgan fingerprint density at radius 2 is 1.79 bits per heavy atom. The third-order valence-electron chi connectivity index (χ3n) is 1.60. The van der Waals surface area contributed by atoms with E-state index in [1.807, 2.05) is 0 Å². The van der Waals surface area contributed by atoms with Gasteiger partial charge < -0.3 is 20.5 Å². The van der Waals surface area contributed by atoms with Gasteiger partial charge in [-0.05, 0) is 12.1 Å². The molecule has 1 aromatic rings. The van der Waals surface area contributed by atoms with Gasteiger partial charge in [-0.3, -0.25) is 9.59 Å². The Morgan fingerprint density at radius 1 is 1.32 bits per heavy atom. The molecule has 106 valence electrons. The van der Waals surface area contributed by atoms with Gasteiger partial charge in [0.1, 0.15) is 6.54 Å². The fourth-order valence-electron chi connectivity index (χ4n) is 0.826. The number of pyridine rings is 1. The number of aliphatic carboxylic acids is 2. The number of anilines is 1. The minimum absolute atomic E-state index is 0.0544. The third kappa shape index (κ3) is 6.10. The summed E-state index contributed by atoms with van der Waals surface area (Å²) in [5, 5.41) is 15.5. The van der Waals surface area contributed by atoms with Crippen LogP contribution >= 0.6 is 0 Å². The maximum absolute atomic E-state index is 11.1. The van der Waals surface area contributed by atoms with E-state index in [9.17, 15) is 22.8 Å². The van der Waals surface area contributed by atoms with Crippen LogP contribution in [0.1, 0.15) is 0 Å². The fraction of sp³-hybridized carbons (Fsp3) is 0.222. The summed E-state index contributed by atoms with van der Waals surface area (Å²) in [5.41, 5.74) is 4.85. The molecule has 0 bridgehead atoms. The standard InChI is InChI=1S/C7H8N2O3.C2HF3O2/c8-5-2-1-3-9(7(5)12)4-6(10)11;3-2(4,5)1(6)7/h1-3H,4,8H2,(H,10,11);(H,6,7). The van der Waals surface area contributed by atoms with Crippen molar-refractivity contribution in [2.24, 2.45) is 0 Å². The van der Waals surface area contributed by atoms with Gasteiger partial charge in [0.2, 0.25) is 0 Å². The SMILES string of the molecule is Nc1cccn(CC(=O)O)c1=O.O=C(O)C(F)(F)F. The first-order valence-corrected chi connectivity index (χ1v) is 4.52. The molecule has 0 aliphatic carbocycles. The number of hydrogen-bond donors (Lipinski definition) is 3. The van der Waals surface area contributed by atoms with Crippen molar-refractivity contribution < 1.29 is 33.0 Å². The predicted molar refractivity (Wildman–Crippen MR) is 56.4 cm³/mol. The van der Waals surface area contributed by atoms with E-state index in [4.69, 9.17) is 20.7 Å². The Kier molecular flexibility index (Phi) is 5.57. The molecule has 19 heavy (non-hydrogen) atoms. The summed E-state index contributed by atoms with van der Waals surface area (Å²) in [6.45, 7) is -0.357. The molecule has 1 rings (SSSR count). The number of carboxylic acid groups (broad SMARTS) is 2. The molecule has 1 aromatic heterocycles. The second kappa shape index (κ2) is 6.42. The van der Waals surface area contributed by atoms with Crippen LogP contribution in [0.3, 0.4) is 0 Å². The van der Waals surface area contributed by atoms with E-state index in [1.165, 1.54) is 18.3 Å². The molecule has 0 saturated carbocycles. The molecule has 0 aromatic carbocycles. The Balaban J connectivity index is 0.000000399. The third-order valence-corrected chi connectivity index (χ3v) is 1.60. The van der Waals surface area contributed by atoms with Gasteiger partial charge in [0.25, 0.3) is 5.56 Å². The van der Waals surface area contributed by atoms with Gasteiger partial charge in [-0.1, -0.05) is 0 Å². The second-order valence-electron chi connectivity index (χ2n) is 3.09. The summed E-state index contributed by atoms with van der Waals surface area (Å²) < 4.78 is 32.8. The number of nitrogen functional groups attached to an aromatic ring is 1. The molecular weight excluding hydrogens is 273 g/mol. The lowest BCUT2D eigenvalue weighted by Gasteiger charge is -2.01. The van der Waals surface area contributed by atoms with E-state index in [-0.39, 0.29) is 12.2 Å². The molecule has 0 aliphatic rings. The van der Waals surface area contributed by atoms with E-state index >= 15 is 0 Å². The van der Waals surface area contributed by atoms with Crippen molar-refractivity contribution in [1.29, 1.82) is 0 Å². The van der Waals surface area contributed by atoms with E-state index in [1.54, 1.807) is 0 Å².